The third-order valence-corrected chi connectivity index (χ3v) is 7.11. The van der Waals surface area contributed by atoms with Crippen LogP contribution in [0.2, 0.25) is 0 Å². The molecular weight excluding hydrogens is 412 g/mol. The fourth-order valence-corrected chi connectivity index (χ4v) is 5.84. The highest BCUT2D eigenvalue weighted by Gasteiger charge is 2.73. The Morgan fingerprint density at radius 2 is 1.67 bits per heavy atom. The molecule has 2 bridgehead atoms. The summed E-state index contributed by atoms with van der Waals surface area (Å²) in [7, 11) is 1.49. The zero-order chi connectivity index (χ0) is 23.6. The standard InChI is InChI=1S/C29H28O4/c1-4-12-23-25(31)29(24(30)21-15-10-7-11-16-21)22(18-20-13-8-6-9-14-20)19-28(17-5-2,27(29)32)26(23)33-3/h4-11,13-16,22H,1-2,12,17-19H2,3H3/t22-,28+,29+/m0/s1. The van der Waals surface area contributed by atoms with E-state index in [-0.39, 0.29) is 12.2 Å². The molecule has 0 aliphatic heterocycles. The van der Waals surface area contributed by atoms with Crippen LogP contribution < -0.4 is 0 Å². The van der Waals surface area contributed by atoms with Gasteiger partial charge in [-0.1, -0.05) is 72.8 Å². The maximum absolute atomic E-state index is 14.3. The minimum Gasteiger partial charge on any atom is -0.500 e. The molecule has 0 heterocycles. The SMILES string of the molecule is C=CCC1=C(OC)[C@@]2(CC=C)C[C@H](Cc3ccccc3)[C@@](C(=O)c3ccccc3)(C1=O)C2=O. The highest BCUT2D eigenvalue weighted by molar-refractivity contribution is 6.36. The number of fused-ring (bicyclic) bond motifs is 2. The van der Waals surface area contributed by atoms with E-state index in [1.807, 2.05) is 36.4 Å². The summed E-state index contributed by atoms with van der Waals surface area (Å²) in [6.45, 7) is 7.67. The van der Waals surface area contributed by atoms with E-state index in [4.69, 9.17) is 4.74 Å². The van der Waals surface area contributed by atoms with Gasteiger partial charge in [0.05, 0.1) is 12.5 Å². The molecule has 33 heavy (non-hydrogen) atoms. The van der Waals surface area contributed by atoms with Gasteiger partial charge in [0.1, 0.15) is 5.76 Å². The lowest BCUT2D eigenvalue weighted by Crippen LogP contribution is -2.54. The normalized spacial score (nSPS) is 26.3. The van der Waals surface area contributed by atoms with Crippen molar-refractivity contribution in [1.29, 1.82) is 0 Å². The molecule has 1 fully saturated rings. The Balaban J connectivity index is 1.99. The molecule has 4 nitrogen and oxygen atoms in total. The summed E-state index contributed by atoms with van der Waals surface area (Å²) in [6, 6.07) is 18.4. The van der Waals surface area contributed by atoms with E-state index in [9.17, 15) is 14.4 Å². The molecule has 4 rings (SSSR count). The first-order valence-electron chi connectivity index (χ1n) is 11.2. The Labute approximate surface area is 194 Å². The molecular formula is C29H28O4. The lowest BCUT2D eigenvalue weighted by molar-refractivity contribution is -0.141. The molecule has 2 aliphatic carbocycles. The molecule has 1 saturated carbocycles. The molecule has 168 valence electrons. The number of rotatable bonds is 9. The molecule has 4 heteroatoms. The first-order valence-corrected chi connectivity index (χ1v) is 11.2. The lowest BCUT2D eigenvalue weighted by Gasteiger charge is -2.39. The van der Waals surface area contributed by atoms with E-state index in [0.29, 0.717) is 36.2 Å². The van der Waals surface area contributed by atoms with Gasteiger partial charge < -0.3 is 4.74 Å². The van der Waals surface area contributed by atoms with E-state index in [1.54, 1.807) is 36.4 Å². The topological polar surface area (TPSA) is 60.4 Å². The van der Waals surface area contributed by atoms with Gasteiger partial charge in [-0.05, 0) is 37.2 Å². The highest BCUT2D eigenvalue weighted by Crippen LogP contribution is 2.63. The van der Waals surface area contributed by atoms with Crippen molar-refractivity contribution in [2.75, 3.05) is 7.11 Å². The minimum absolute atomic E-state index is 0.232. The second-order valence-electron chi connectivity index (χ2n) is 8.83. The quantitative estimate of drug-likeness (QED) is 0.301. The summed E-state index contributed by atoms with van der Waals surface area (Å²) in [5.74, 6) is -1.37. The maximum Gasteiger partial charge on any atom is 0.184 e. The second kappa shape index (κ2) is 8.78. The molecule has 0 unspecified atom stereocenters. The number of ether oxygens (including phenoxy) is 1. The number of benzene rings is 2. The number of carbonyl (C=O) groups is 3. The van der Waals surface area contributed by atoms with Crippen LogP contribution in [0, 0.1) is 16.7 Å². The number of hydrogen-bond donors (Lipinski definition) is 0. The predicted molar refractivity (Wildman–Crippen MR) is 128 cm³/mol. The monoisotopic (exact) mass is 440 g/mol. The first kappa shape index (κ1) is 22.7. The molecule has 0 saturated heterocycles. The molecule has 0 spiro atoms. The van der Waals surface area contributed by atoms with Crippen molar-refractivity contribution >= 4 is 17.3 Å². The van der Waals surface area contributed by atoms with Crippen molar-refractivity contribution in [2.24, 2.45) is 16.7 Å². The lowest BCUT2D eigenvalue weighted by atomic mass is 9.60. The Hall–Kier alpha value is -3.53. The average Bonchev–Trinajstić information content (AvgIpc) is 3.03. The predicted octanol–water partition coefficient (Wildman–Crippen LogP) is 5.31. The maximum atomic E-state index is 14.3. The zero-order valence-corrected chi connectivity index (χ0v) is 18.9. The number of methoxy groups -OCH3 is 1. The van der Waals surface area contributed by atoms with Crippen molar-refractivity contribution in [3.05, 3.63) is 108 Å². The molecule has 0 radical (unpaired) electrons. The van der Waals surface area contributed by atoms with Crippen molar-refractivity contribution in [3.8, 4) is 0 Å². The van der Waals surface area contributed by atoms with E-state index >= 15 is 0 Å². The van der Waals surface area contributed by atoms with Gasteiger partial charge in [0.25, 0.3) is 0 Å². The number of Topliss-reactive ketones (excluding diaryl/α,β-unsaturated/α-hetero) is 3. The van der Waals surface area contributed by atoms with Gasteiger partial charge in [-0.2, -0.15) is 0 Å². The van der Waals surface area contributed by atoms with Gasteiger partial charge >= 0.3 is 0 Å². The fourth-order valence-electron chi connectivity index (χ4n) is 5.84. The summed E-state index contributed by atoms with van der Waals surface area (Å²) in [5, 5.41) is 0. The summed E-state index contributed by atoms with van der Waals surface area (Å²) >= 11 is 0. The number of ketones is 3. The van der Waals surface area contributed by atoms with Crippen LogP contribution in [0.4, 0.5) is 0 Å². The van der Waals surface area contributed by atoms with E-state index in [2.05, 4.69) is 13.2 Å². The second-order valence-corrected chi connectivity index (χ2v) is 8.83. The Morgan fingerprint density at radius 1 is 1.03 bits per heavy atom. The van der Waals surface area contributed by atoms with Crippen LogP contribution in [0.1, 0.15) is 35.2 Å². The van der Waals surface area contributed by atoms with Crippen molar-refractivity contribution in [2.45, 2.75) is 25.7 Å². The Bertz CT molecular complexity index is 1140. The van der Waals surface area contributed by atoms with Crippen LogP contribution in [0.3, 0.4) is 0 Å². The summed E-state index contributed by atoms with van der Waals surface area (Å²) in [4.78, 5) is 42.7. The molecule has 3 atom stereocenters. The fraction of sp³-hybridized carbons (Fsp3) is 0.276. The third kappa shape index (κ3) is 3.24. The zero-order valence-electron chi connectivity index (χ0n) is 18.9. The molecule has 2 aromatic rings. The van der Waals surface area contributed by atoms with E-state index in [1.165, 1.54) is 7.11 Å². The van der Waals surface area contributed by atoms with Crippen molar-refractivity contribution < 1.29 is 19.1 Å². The Morgan fingerprint density at radius 3 is 2.24 bits per heavy atom. The molecule has 2 aliphatic rings. The van der Waals surface area contributed by atoms with Crippen LogP contribution in [0.5, 0.6) is 0 Å². The highest BCUT2D eigenvalue weighted by atomic mass is 16.5. The van der Waals surface area contributed by atoms with Crippen LogP contribution in [0.15, 0.2) is 97.3 Å². The summed E-state index contributed by atoms with van der Waals surface area (Å²) in [5.41, 5.74) is -1.17. The number of allylic oxidation sites excluding steroid dienone is 4. The van der Waals surface area contributed by atoms with Gasteiger partial charge in [-0.15, -0.1) is 13.2 Å². The number of carbonyl (C=O) groups excluding carboxylic acids is 3. The van der Waals surface area contributed by atoms with Crippen molar-refractivity contribution in [3.63, 3.8) is 0 Å². The van der Waals surface area contributed by atoms with Crippen LogP contribution >= 0.6 is 0 Å². The largest absolute Gasteiger partial charge is 0.500 e. The van der Waals surface area contributed by atoms with Gasteiger partial charge in [0.2, 0.25) is 0 Å². The molecule has 0 aromatic heterocycles. The Kier molecular flexibility index (Phi) is 6.03. The van der Waals surface area contributed by atoms with Gasteiger partial charge in [-0.3, -0.25) is 14.4 Å². The molecule has 0 N–H and O–H groups in total. The summed E-state index contributed by atoms with van der Waals surface area (Å²) in [6.07, 6.45) is 4.63. The molecule has 2 aromatic carbocycles. The smallest absolute Gasteiger partial charge is 0.184 e. The van der Waals surface area contributed by atoms with Gasteiger partial charge in [-0.25, -0.2) is 0 Å². The van der Waals surface area contributed by atoms with Crippen molar-refractivity contribution in [1.82, 2.24) is 0 Å². The first-order chi connectivity index (χ1) is 16.0. The average molecular weight is 441 g/mol. The van der Waals surface area contributed by atoms with E-state index < -0.39 is 28.3 Å². The summed E-state index contributed by atoms with van der Waals surface area (Å²) < 4.78 is 5.74. The van der Waals surface area contributed by atoms with Crippen LogP contribution in [-0.4, -0.2) is 24.5 Å². The third-order valence-electron chi connectivity index (χ3n) is 7.11. The van der Waals surface area contributed by atoms with Gasteiger partial charge in [0, 0.05) is 11.1 Å². The number of hydrogen-bond acceptors (Lipinski definition) is 4. The van der Waals surface area contributed by atoms with E-state index in [0.717, 1.165) is 5.56 Å². The molecule has 0 amide bonds. The van der Waals surface area contributed by atoms with Gasteiger partial charge in [0.15, 0.2) is 22.8 Å². The van der Waals surface area contributed by atoms with Crippen LogP contribution in [-0.2, 0) is 20.7 Å². The van der Waals surface area contributed by atoms with Crippen LogP contribution in [0.25, 0.3) is 0 Å². The minimum atomic E-state index is -1.79.